The first-order valence-electron chi connectivity index (χ1n) is 6.06. The van der Waals surface area contributed by atoms with Gasteiger partial charge in [-0.2, -0.15) is 0 Å². The molecule has 3 aromatic rings. The Kier molecular flexibility index (Phi) is 3.57. The highest BCUT2D eigenvalue weighted by atomic mass is 79.9. The number of benzene rings is 1. The number of fused-ring (bicyclic) bond motifs is 1. The SMILES string of the molecule is O=Cc1cn(S(=O)(=O)c2cccc(F)c2)c2cc(Br)cnc12. The number of carbonyl (C=O) groups excluding carboxylic acids is 1. The number of hydrogen-bond acceptors (Lipinski definition) is 4. The minimum Gasteiger partial charge on any atom is -0.298 e. The number of pyridine rings is 1. The molecule has 2 aromatic heterocycles. The van der Waals surface area contributed by atoms with Gasteiger partial charge in [0.05, 0.1) is 21.5 Å². The van der Waals surface area contributed by atoms with Crippen LogP contribution in [0.2, 0.25) is 0 Å². The number of aromatic nitrogens is 2. The number of rotatable bonds is 3. The van der Waals surface area contributed by atoms with Crippen LogP contribution in [-0.2, 0) is 10.0 Å². The lowest BCUT2D eigenvalue weighted by atomic mass is 10.3. The lowest BCUT2D eigenvalue weighted by Crippen LogP contribution is -2.12. The zero-order valence-corrected chi connectivity index (χ0v) is 13.3. The molecule has 2 heterocycles. The van der Waals surface area contributed by atoms with Gasteiger partial charge >= 0.3 is 0 Å². The number of nitrogens with zero attached hydrogens (tertiary/aromatic N) is 2. The Bertz CT molecular complexity index is 998. The molecule has 0 aliphatic carbocycles. The molecule has 0 radical (unpaired) electrons. The fourth-order valence-electron chi connectivity index (χ4n) is 2.10. The second kappa shape index (κ2) is 5.29. The van der Waals surface area contributed by atoms with Gasteiger partial charge in [-0.15, -0.1) is 0 Å². The summed E-state index contributed by atoms with van der Waals surface area (Å²) in [5.74, 6) is -0.660. The second-order valence-electron chi connectivity index (χ2n) is 4.48. The Hall–Kier alpha value is -2.06. The molecule has 0 bridgehead atoms. The van der Waals surface area contributed by atoms with Crippen molar-refractivity contribution in [1.29, 1.82) is 0 Å². The third kappa shape index (κ3) is 2.34. The summed E-state index contributed by atoms with van der Waals surface area (Å²) in [6, 6.07) is 6.21. The summed E-state index contributed by atoms with van der Waals surface area (Å²) in [6.45, 7) is 0. The lowest BCUT2D eigenvalue weighted by Gasteiger charge is -2.07. The monoisotopic (exact) mass is 382 g/mol. The van der Waals surface area contributed by atoms with Crippen molar-refractivity contribution >= 4 is 43.3 Å². The van der Waals surface area contributed by atoms with E-state index in [0.29, 0.717) is 10.8 Å². The van der Waals surface area contributed by atoms with E-state index in [1.54, 1.807) is 0 Å². The molecule has 5 nitrogen and oxygen atoms in total. The maximum Gasteiger partial charge on any atom is 0.268 e. The van der Waals surface area contributed by atoms with Gasteiger partial charge in [0.1, 0.15) is 5.82 Å². The van der Waals surface area contributed by atoms with Gasteiger partial charge in [-0.05, 0) is 40.2 Å². The first kappa shape index (κ1) is 14.9. The Labute approximate surface area is 133 Å². The number of carbonyl (C=O) groups is 1. The van der Waals surface area contributed by atoms with Crippen molar-refractivity contribution in [3.8, 4) is 0 Å². The van der Waals surface area contributed by atoms with Gasteiger partial charge in [0, 0.05) is 16.9 Å². The molecule has 0 atom stereocenters. The van der Waals surface area contributed by atoms with Gasteiger partial charge in [-0.1, -0.05) is 6.07 Å². The molecule has 0 saturated heterocycles. The molecule has 0 fully saturated rings. The molecule has 8 heteroatoms. The largest absolute Gasteiger partial charge is 0.298 e. The minimum atomic E-state index is -4.04. The van der Waals surface area contributed by atoms with Crippen LogP contribution >= 0.6 is 15.9 Å². The quantitative estimate of drug-likeness (QED) is 0.653. The third-order valence-electron chi connectivity index (χ3n) is 3.08. The normalized spacial score (nSPS) is 11.7. The summed E-state index contributed by atoms with van der Waals surface area (Å²) < 4.78 is 40.2. The highest BCUT2D eigenvalue weighted by molar-refractivity contribution is 9.10. The van der Waals surface area contributed by atoms with Crippen LogP contribution in [0.5, 0.6) is 0 Å². The predicted molar refractivity (Wildman–Crippen MR) is 81.8 cm³/mol. The number of halogens is 2. The van der Waals surface area contributed by atoms with Crippen LogP contribution in [0.15, 0.2) is 52.1 Å². The summed E-state index contributed by atoms with van der Waals surface area (Å²) in [7, 11) is -4.04. The summed E-state index contributed by atoms with van der Waals surface area (Å²) in [4.78, 5) is 15.0. The second-order valence-corrected chi connectivity index (χ2v) is 7.21. The molecular weight excluding hydrogens is 375 g/mol. The Balaban J connectivity index is 2.34. The van der Waals surface area contributed by atoms with Gasteiger partial charge in [0.15, 0.2) is 6.29 Å². The first-order chi connectivity index (χ1) is 10.4. The van der Waals surface area contributed by atoms with Crippen LogP contribution < -0.4 is 0 Å². The van der Waals surface area contributed by atoms with Crippen LogP contribution in [0.3, 0.4) is 0 Å². The van der Waals surface area contributed by atoms with Gasteiger partial charge in [-0.25, -0.2) is 16.8 Å². The fourth-order valence-corrected chi connectivity index (χ4v) is 3.81. The minimum absolute atomic E-state index is 0.141. The molecule has 0 aliphatic heterocycles. The molecule has 1 aromatic carbocycles. The molecule has 0 aliphatic rings. The van der Waals surface area contributed by atoms with Gasteiger partial charge < -0.3 is 0 Å². The van der Waals surface area contributed by atoms with E-state index < -0.39 is 15.8 Å². The third-order valence-corrected chi connectivity index (χ3v) is 5.18. The summed E-state index contributed by atoms with van der Waals surface area (Å²) >= 11 is 3.21. The molecule has 0 unspecified atom stereocenters. The molecule has 0 amide bonds. The smallest absolute Gasteiger partial charge is 0.268 e. The molecule has 22 heavy (non-hydrogen) atoms. The van der Waals surface area contributed by atoms with Gasteiger partial charge in [-0.3, -0.25) is 9.78 Å². The summed E-state index contributed by atoms with van der Waals surface area (Å²) in [5.41, 5.74) is 0.640. The van der Waals surface area contributed by atoms with Crippen molar-refractivity contribution in [1.82, 2.24) is 8.96 Å². The zero-order chi connectivity index (χ0) is 15.9. The van der Waals surface area contributed by atoms with E-state index in [0.717, 1.165) is 16.1 Å². The van der Waals surface area contributed by atoms with E-state index >= 15 is 0 Å². The van der Waals surface area contributed by atoms with Gasteiger partial charge in [0.25, 0.3) is 10.0 Å². The summed E-state index contributed by atoms with van der Waals surface area (Å²) in [6.07, 6.45) is 3.17. The average molecular weight is 383 g/mol. The van der Waals surface area contributed by atoms with Crippen molar-refractivity contribution < 1.29 is 17.6 Å². The Morgan fingerprint density at radius 3 is 2.73 bits per heavy atom. The standard InChI is InChI=1S/C14H8BrFN2O3S/c15-10-4-13-14(17-6-10)9(8-19)7-18(13)22(20,21)12-3-1-2-11(16)5-12/h1-8H. The van der Waals surface area contributed by atoms with Crippen molar-refractivity contribution in [2.45, 2.75) is 4.90 Å². The van der Waals surface area contributed by atoms with E-state index in [1.165, 1.54) is 30.6 Å². The maximum absolute atomic E-state index is 13.3. The molecule has 0 saturated carbocycles. The van der Waals surface area contributed by atoms with E-state index in [4.69, 9.17) is 0 Å². The highest BCUT2D eigenvalue weighted by Crippen LogP contribution is 2.26. The molecule has 3 rings (SSSR count). The molecule has 0 spiro atoms. The van der Waals surface area contributed by atoms with Gasteiger partial charge in [0.2, 0.25) is 0 Å². The van der Waals surface area contributed by atoms with E-state index in [1.807, 2.05) is 0 Å². The van der Waals surface area contributed by atoms with Crippen LogP contribution in [0.25, 0.3) is 11.0 Å². The van der Waals surface area contributed by atoms with Crippen LogP contribution in [0, 0.1) is 5.82 Å². The van der Waals surface area contributed by atoms with E-state index in [9.17, 15) is 17.6 Å². The number of aldehydes is 1. The first-order valence-corrected chi connectivity index (χ1v) is 8.30. The van der Waals surface area contributed by atoms with E-state index in [-0.39, 0.29) is 21.5 Å². The highest BCUT2D eigenvalue weighted by Gasteiger charge is 2.22. The topological polar surface area (TPSA) is 69.0 Å². The van der Waals surface area contributed by atoms with Crippen molar-refractivity contribution in [3.05, 3.63) is 58.6 Å². The van der Waals surface area contributed by atoms with Crippen LogP contribution in [-0.4, -0.2) is 23.7 Å². The Morgan fingerprint density at radius 1 is 1.27 bits per heavy atom. The van der Waals surface area contributed by atoms with Crippen LogP contribution in [0.4, 0.5) is 4.39 Å². The van der Waals surface area contributed by atoms with Crippen molar-refractivity contribution in [3.63, 3.8) is 0 Å². The molecule has 112 valence electrons. The van der Waals surface area contributed by atoms with E-state index in [2.05, 4.69) is 20.9 Å². The Morgan fingerprint density at radius 2 is 2.05 bits per heavy atom. The predicted octanol–water partition coefficient (Wildman–Crippen LogP) is 2.99. The van der Waals surface area contributed by atoms with Crippen molar-refractivity contribution in [2.24, 2.45) is 0 Å². The van der Waals surface area contributed by atoms with Crippen LogP contribution in [0.1, 0.15) is 10.4 Å². The average Bonchev–Trinajstić information content (AvgIpc) is 2.85. The molecular formula is C14H8BrFN2O3S. The fraction of sp³-hybridized carbons (Fsp3) is 0. The number of hydrogen-bond donors (Lipinski definition) is 0. The maximum atomic E-state index is 13.3. The summed E-state index contributed by atoms with van der Waals surface area (Å²) in [5, 5.41) is 0. The van der Waals surface area contributed by atoms with Crippen molar-refractivity contribution in [2.75, 3.05) is 0 Å². The zero-order valence-electron chi connectivity index (χ0n) is 10.9. The molecule has 0 N–H and O–H groups in total. The lowest BCUT2D eigenvalue weighted by molar-refractivity contribution is 0.112.